The van der Waals surface area contributed by atoms with Crippen molar-refractivity contribution in [3.63, 3.8) is 0 Å². The predicted molar refractivity (Wildman–Crippen MR) is 152 cm³/mol. The van der Waals surface area contributed by atoms with Crippen LogP contribution in [0.25, 0.3) is 16.9 Å². The van der Waals surface area contributed by atoms with Crippen LogP contribution in [0.5, 0.6) is 5.75 Å². The third kappa shape index (κ3) is 7.91. The Morgan fingerprint density at radius 2 is 1.77 bits per heavy atom. The van der Waals surface area contributed by atoms with E-state index in [-0.39, 0.29) is 24.3 Å². The van der Waals surface area contributed by atoms with Gasteiger partial charge in [-0.05, 0) is 49.2 Å². The molecule has 9 nitrogen and oxygen atoms in total. The van der Waals surface area contributed by atoms with Crippen molar-refractivity contribution in [2.24, 2.45) is 5.92 Å². The van der Waals surface area contributed by atoms with E-state index in [1.165, 1.54) is 0 Å². The standard InChI is InChI=1S/C30H39N5O4/c1-22(2)19-29(37)34(14-13-33-15-17-39-18-16-33)21-28(36)32-30-31-27(24-7-11-26(38-4)12-8-24)20-35(30)25-9-5-23(3)6-10-25/h5-12,20,22H,13-19,21H2,1-4H3,(H,31,32,36). The highest BCUT2D eigenvalue weighted by molar-refractivity contribution is 5.94. The second kappa shape index (κ2) is 13.4. The molecule has 39 heavy (non-hydrogen) atoms. The molecule has 0 aliphatic carbocycles. The smallest absolute Gasteiger partial charge is 0.246 e. The quantitative estimate of drug-likeness (QED) is 0.401. The Kier molecular flexibility index (Phi) is 9.73. The van der Waals surface area contributed by atoms with E-state index in [4.69, 9.17) is 14.5 Å². The molecule has 1 saturated heterocycles. The zero-order valence-corrected chi connectivity index (χ0v) is 23.4. The summed E-state index contributed by atoms with van der Waals surface area (Å²) in [4.78, 5) is 35.1. The minimum atomic E-state index is -0.283. The number of rotatable bonds is 11. The van der Waals surface area contributed by atoms with E-state index >= 15 is 0 Å². The van der Waals surface area contributed by atoms with E-state index in [9.17, 15) is 9.59 Å². The molecular weight excluding hydrogens is 494 g/mol. The number of aromatic nitrogens is 2. The summed E-state index contributed by atoms with van der Waals surface area (Å²) >= 11 is 0. The molecule has 1 aliphatic heterocycles. The molecular formula is C30H39N5O4. The van der Waals surface area contributed by atoms with E-state index < -0.39 is 0 Å². The van der Waals surface area contributed by atoms with Crippen molar-refractivity contribution in [3.05, 3.63) is 60.3 Å². The average molecular weight is 534 g/mol. The van der Waals surface area contributed by atoms with Crippen LogP contribution in [0, 0.1) is 12.8 Å². The van der Waals surface area contributed by atoms with Crippen molar-refractivity contribution < 1.29 is 19.1 Å². The summed E-state index contributed by atoms with van der Waals surface area (Å²) in [5.74, 6) is 1.06. The van der Waals surface area contributed by atoms with Crippen LogP contribution in [0.2, 0.25) is 0 Å². The van der Waals surface area contributed by atoms with Crippen molar-refractivity contribution in [2.75, 3.05) is 58.4 Å². The fourth-order valence-corrected chi connectivity index (χ4v) is 4.47. The van der Waals surface area contributed by atoms with Gasteiger partial charge in [0.2, 0.25) is 17.8 Å². The van der Waals surface area contributed by atoms with E-state index in [1.807, 2.05) is 80.1 Å². The molecule has 2 heterocycles. The van der Waals surface area contributed by atoms with E-state index in [1.54, 1.807) is 12.0 Å². The van der Waals surface area contributed by atoms with Crippen molar-refractivity contribution in [1.82, 2.24) is 19.4 Å². The Bertz CT molecular complexity index is 1230. The average Bonchev–Trinajstić information content (AvgIpc) is 3.35. The van der Waals surface area contributed by atoms with Gasteiger partial charge in [-0.25, -0.2) is 4.98 Å². The molecule has 1 aromatic heterocycles. The van der Waals surface area contributed by atoms with Gasteiger partial charge < -0.3 is 14.4 Å². The number of benzene rings is 2. The molecule has 2 amide bonds. The number of methoxy groups -OCH3 is 1. The van der Waals surface area contributed by atoms with Crippen LogP contribution in [-0.4, -0.2) is 84.2 Å². The third-order valence-corrected chi connectivity index (χ3v) is 6.71. The fraction of sp³-hybridized carbons (Fsp3) is 0.433. The van der Waals surface area contributed by atoms with Crippen LogP contribution in [-0.2, 0) is 14.3 Å². The Labute approximate surface area is 230 Å². The summed E-state index contributed by atoms with van der Waals surface area (Å²) in [7, 11) is 1.63. The number of hydrogen-bond acceptors (Lipinski definition) is 6. The van der Waals surface area contributed by atoms with Crippen molar-refractivity contribution in [1.29, 1.82) is 0 Å². The molecule has 9 heteroatoms. The number of carbonyl (C=O) groups is 2. The zero-order chi connectivity index (χ0) is 27.8. The van der Waals surface area contributed by atoms with Gasteiger partial charge in [0.15, 0.2) is 0 Å². The minimum Gasteiger partial charge on any atom is -0.497 e. The number of aryl methyl sites for hydroxylation is 1. The molecule has 1 N–H and O–H groups in total. The molecule has 1 fully saturated rings. The first-order valence-electron chi connectivity index (χ1n) is 13.5. The number of amides is 2. The highest BCUT2D eigenvalue weighted by atomic mass is 16.5. The molecule has 208 valence electrons. The van der Waals surface area contributed by atoms with Crippen molar-refractivity contribution >= 4 is 17.8 Å². The molecule has 1 aliphatic rings. The van der Waals surface area contributed by atoms with E-state index in [0.29, 0.717) is 44.4 Å². The van der Waals surface area contributed by atoms with Crippen LogP contribution >= 0.6 is 0 Å². The maximum Gasteiger partial charge on any atom is 0.246 e. The molecule has 3 aromatic rings. The molecule has 0 unspecified atom stereocenters. The normalized spacial score (nSPS) is 13.9. The molecule has 4 rings (SSSR count). The molecule has 0 saturated carbocycles. The molecule has 0 radical (unpaired) electrons. The number of morpholine rings is 1. The topological polar surface area (TPSA) is 88.9 Å². The maximum atomic E-state index is 13.3. The summed E-state index contributed by atoms with van der Waals surface area (Å²) in [5.41, 5.74) is 3.63. The predicted octanol–water partition coefficient (Wildman–Crippen LogP) is 4.00. The summed E-state index contributed by atoms with van der Waals surface area (Å²) in [6.45, 7) is 10.3. The van der Waals surface area contributed by atoms with Crippen molar-refractivity contribution in [3.8, 4) is 22.7 Å². The minimum absolute atomic E-state index is 0.0193. The number of nitrogens with one attached hydrogen (secondary N) is 1. The first kappa shape index (κ1) is 28.3. The van der Waals surface area contributed by atoms with Crippen molar-refractivity contribution in [2.45, 2.75) is 27.2 Å². The van der Waals surface area contributed by atoms with Gasteiger partial charge in [-0.1, -0.05) is 31.5 Å². The van der Waals surface area contributed by atoms with Crippen LogP contribution in [0.15, 0.2) is 54.7 Å². The molecule has 0 spiro atoms. The van der Waals surface area contributed by atoms with Crippen LogP contribution < -0.4 is 10.1 Å². The number of imidazole rings is 1. The Morgan fingerprint density at radius 1 is 1.08 bits per heavy atom. The summed E-state index contributed by atoms with van der Waals surface area (Å²) in [6.07, 6.45) is 2.30. The van der Waals surface area contributed by atoms with Gasteiger partial charge in [-0.3, -0.25) is 24.4 Å². The molecule has 0 bridgehead atoms. The number of hydrogen-bond donors (Lipinski definition) is 1. The lowest BCUT2D eigenvalue weighted by molar-refractivity contribution is -0.135. The Hall–Kier alpha value is -3.69. The summed E-state index contributed by atoms with van der Waals surface area (Å²) < 4.78 is 12.6. The highest BCUT2D eigenvalue weighted by Crippen LogP contribution is 2.26. The Morgan fingerprint density at radius 3 is 2.41 bits per heavy atom. The first-order chi connectivity index (χ1) is 18.8. The lowest BCUT2D eigenvalue weighted by atomic mass is 10.1. The zero-order valence-electron chi connectivity index (χ0n) is 23.4. The largest absolute Gasteiger partial charge is 0.497 e. The number of anilines is 1. The van der Waals surface area contributed by atoms with Crippen LogP contribution in [0.1, 0.15) is 25.8 Å². The van der Waals surface area contributed by atoms with Gasteiger partial charge >= 0.3 is 0 Å². The first-order valence-corrected chi connectivity index (χ1v) is 13.5. The van der Waals surface area contributed by atoms with E-state index in [2.05, 4.69) is 10.2 Å². The van der Waals surface area contributed by atoms with Gasteiger partial charge in [0.1, 0.15) is 5.75 Å². The van der Waals surface area contributed by atoms with Gasteiger partial charge in [0.25, 0.3) is 0 Å². The van der Waals surface area contributed by atoms with Crippen LogP contribution in [0.4, 0.5) is 5.95 Å². The molecule has 0 atom stereocenters. The second-order valence-corrected chi connectivity index (χ2v) is 10.3. The highest BCUT2D eigenvalue weighted by Gasteiger charge is 2.22. The Balaban J connectivity index is 1.54. The van der Waals surface area contributed by atoms with Gasteiger partial charge in [0.05, 0.1) is 32.6 Å². The lowest BCUT2D eigenvalue weighted by Crippen LogP contribution is -2.45. The fourth-order valence-electron chi connectivity index (χ4n) is 4.47. The summed E-state index contributed by atoms with van der Waals surface area (Å²) in [6, 6.07) is 15.7. The van der Waals surface area contributed by atoms with E-state index in [0.717, 1.165) is 35.7 Å². The number of nitrogens with zero attached hydrogens (tertiary/aromatic N) is 4. The lowest BCUT2D eigenvalue weighted by Gasteiger charge is -2.30. The second-order valence-electron chi connectivity index (χ2n) is 10.3. The SMILES string of the molecule is COc1ccc(-c2cn(-c3ccc(C)cc3)c(NC(=O)CN(CCN3CCOCC3)C(=O)CC(C)C)n2)cc1. The number of ether oxygens (including phenoxy) is 2. The van der Waals surface area contributed by atoms with Crippen LogP contribution in [0.3, 0.4) is 0 Å². The third-order valence-electron chi connectivity index (χ3n) is 6.71. The number of carbonyl (C=O) groups excluding carboxylic acids is 2. The van der Waals surface area contributed by atoms with Gasteiger partial charge in [0, 0.05) is 50.0 Å². The van der Waals surface area contributed by atoms with Gasteiger partial charge in [-0.2, -0.15) is 0 Å². The monoisotopic (exact) mass is 533 g/mol. The van der Waals surface area contributed by atoms with Gasteiger partial charge in [-0.15, -0.1) is 0 Å². The maximum absolute atomic E-state index is 13.3. The molecule has 2 aromatic carbocycles. The summed E-state index contributed by atoms with van der Waals surface area (Å²) in [5, 5.41) is 2.97.